The molecule has 2 N–H and O–H groups in total. The van der Waals surface area contributed by atoms with E-state index in [1.165, 1.54) is 12.4 Å². The van der Waals surface area contributed by atoms with E-state index in [0.29, 0.717) is 0 Å². The van der Waals surface area contributed by atoms with Crippen molar-refractivity contribution < 1.29 is 23.9 Å². The van der Waals surface area contributed by atoms with Crippen molar-refractivity contribution in [2.75, 3.05) is 0 Å². The summed E-state index contributed by atoms with van der Waals surface area (Å²) in [6.45, 7) is 5.13. The monoisotopic (exact) mass is 347 g/mol. The van der Waals surface area contributed by atoms with Crippen molar-refractivity contribution in [3.8, 4) is 0 Å². The zero-order valence-electron chi connectivity index (χ0n) is 14.3. The molecule has 0 saturated heterocycles. The summed E-state index contributed by atoms with van der Waals surface area (Å²) in [5.74, 6) is -0.579. The Kier molecular flexibility index (Phi) is 5.63. The summed E-state index contributed by atoms with van der Waals surface area (Å²) < 4.78 is 10.3. The SMILES string of the molecule is CC(C)(C)OC(=O)NC1C(=O)NC=CN1C(=O)OCc1ccccc1. The number of carbonyl (C=O) groups excluding carboxylic acids is 3. The minimum Gasteiger partial charge on any atom is -0.444 e. The van der Waals surface area contributed by atoms with Gasteiger partial charge in [0.2, 0.25) is 0 Å². The molecule has 0 bridgehead atoms. The molecule has 0 aliphatic carbocycles. The third kappa shape index (κ3) is 5.52. The molecule has 3 amide bonds. The summed E-state index contributed by atoms with van der Waals surface area (Å²) in [6, 6.07) is 9.11. The smallest absolute Gasteiger partial charge is 0.416 e. The third-order valence-corrected chi connectivity index (χ3v) is 3.06. The summed E-state index contributed by atoms with van der Waals surface area (Å²) in [5.41, 5.74) is 0.0712. The fourth-order valence-corrected chi connectivity index (χ4v) is 2.01. The Morgan fingerprint density at radius 2 is 1.92 bits per heavy atom. The third-order valence-electron chi connectivity index (χ3n) is 3.06. The molecule has 0 spiro atoms. The molecule has 0 aromatic heterocycles. The minimum atomic E-state index is -1.26. The van der Waals surface area contributed by atoms with Crippen molar-refractivity contribution in [2.24, 2.45) is 0 Å². The molecule has 2 rings (SSSR count). The summed E-state index contributed by atoms with van der Waals surface area (Å²) in [4.78, 5) is 37.2. The Labute approximate surface area is 145 Å². The van der Waals surface area contributed by atoms with E-state index >= 15 is 0 Å². The van der Waals surface area contributed by atoms with Crippen LogP contribution in [0.2, 0.25) is 0 Å². The van der Waals surface area contributed by atoms with Gasteiger partial charge >= 0.3 is 12.2 Å². The molecule has 1 atom stereocenters. The molecular weight excluding hydrogens is 326 g/mol. The average molecular weight is 347 g/mol. The van der Waals surface area contributed by atoms with Crippen LogP contribution in [0.1, 0.15) is 26.3 Å². The lowest BCUT2D eigenvalue weighted by atomic mass is 10.2. The summed E-state index contributed by atoms with van der Waals surface area (Å²) >= 11 is 0. The lowest BCUT2D eigenvalue weighted by Crippen LogP contribution is -2.58. The van der Waals surface area contributed by atoms with Crippen molar-refractivity contribution >= 4 is 18.1 Å². The maximum absolute atomic E-state index is 12.3. The van der Waals surface area contributed by atoms with E-state index in [9.17, 15) is 14.4 Å². The fraction of sp³-hybridized carbons (Fsp3) is 0.353. The van der Waals surface area contributed by atoms with Crippen LogP contribution >= 0.6 is 0 Å². The quantitative estimate of drug-likeness (QED) is 0.872. The fourth-order valence-electron chi connectivity index (χ4n) is 2.01. The van der Waals surface area contributed by atoms with Crippen LogP contribution in [-0.2, 0) is 20.9 Å². The Bertz CT molecular complexity index is 667. The normalized spacial score (nSPS) is 16.8. The number of carbonyl (C=O) groups is 3. The number of hydrogen-bond donors (Lipinski definition) is 2. The number of amides is 3. The molecule has 1 aliphatic heterocycles. The predicted molar refractivity (Wildman–Crippen MR) is 88.9 cm³/mol. The number of benzene rings is 1. The average Bonchev–Trinajstić information content (AvgIpc) is 2.54. The van der Waals surface area contributed by atoms with Crippen LogP contribution in [0, 0.1) is 0 Å². The summed E-state index contributed by atoms with van der Waals surface area (Å²) in [7, 11) is 0. The maximum Gasteiger partial charge on any atom is 0.416 e. The second kappa shape index (κ2) is 7.69. The van der Waals surface area contributed by atoms with Crippen molar-refractivity contribution in [1.82, 2.24) is 15.5 Å². The number of hydrogen-bond acceptors (Lipinski definition) is 5. The van der Waals surface area contributed by atoms with Gasteiger partial charge in [0.1, 0.15) is 12.2 Å². The zero-order valence-corrected chi connectivity index (χ0v) is 14.3. The van der Waals surface area contributed by atoms with Crippen molar-refractivity contribution in [2.45, 2.75) is 39.1 Å². The molecule has 8 heteroatoms. The van der Waals surface area contributed by atoms with E-state index in [2.05, 4.69) is 10.6 Å². The molecule has 1 aliphatic rings. The molecule has 8 nitrogen and oxygen atoms in total. The molecule has 1 aromatic carbocycles. The van der Waals surface area contributed by atoms with Crippen LogP contribution in [-0.4, -0.2) is 34.8 Å². The summed E-state index contributed by atoms with van der Waals surface area (Å²) in [6.07, 6.45) is -0.237. The molecule has 25 heavy (non-hydrogen) atoms. The first-order valence-corrected chi connectivity index (χ1v) is 7.72. The van der Waals surface area contributed by atoms with Gasteiger partial charge in [-0.25, -0.2) is 9.59 Å². The first kappa shape index (κ1) is 18.3. The van der Waals surface area contributed by atoms with E-state index < -0.39 is 29.9 Å². The van der Waals surface area contributed by atoms with Gasteiger partial charge < -0.3 is 14.8 Å². The van der Waals surface area contributed by atoms with Crippen molar-refractivity contribution in [3.05, 3.63) is 48.3 Å². The van der Waals surface area contributed by atoms with Gasteiger partial charge in [-0.1, -0.05) is 30.3 Å². The molecule has 1 unspecified atom stereocenters. The van der Waals surface area contributed by atoms with E-state index in [4.69, 9.17) is 9.47 Å². The molecule has 0 saturated carbocycles. The molecule has 0 radical (unpaired) electrons. The highest BCUT2D eigenvalue weighted by molar-refractivity contribution is 5.90. The highest BCUT2D eigenvalue weighted by Gasteiger charge is 2.34. The van der Waals surface area contributed by atoms with E-state index in [1.54, 1.807) is 20.8 Å². The Balaban J connectivity index is 2.01. The Morgan fingerprint density at radius 1 is 1.24 bits per heavy atom. The predicted octanol–water partition coefficient (Wildman–Crippen LogP) is 2.08. The molecule has 134 valence electrons. The van der Waals surface area contributed by atoms with Crippen LogP contribution in [0.4, 0.5) is 9.59 Å². The first-order chi connectivity index (χ1) is 11.8. The lowest BCUT2D eigenvalue weighted by molar-refractivity contribution is -0.126. The van der Waals surface area contributed by atoms with Crippen LogP contribution in [0.15, 0.2) is 42.7 Å². The van der Waals surface area contributed by atoms with Crippen LogP contribution in [0.5, 0.6) is 0 Å². The highest BCUT2D eigenvalue weighted by atomic mass is 16.6. The van der Waals surface area contributed by atoms with E-state index in [1.807, 2.05) is 30.3 Å². The van der Waals surface area contributed by atoms with Gasteiger partial charge in [0, 0.05) is 12.4 Å². The molecular formula is C17H21N3O5. The van der Waals surface area contributed by atoms with Gasteiger partial charge in [0.25, 0.3) is 5.91 Å². The molecule has 1 heterocycles. The largest absolute Gasteiger partial charge is 0.444 e. The van der Waals surface area contributed by atoms with Crippen LogP contribution < -0.4 is 10.6 Å². The van der Waals surface area contributed by atoms with Crippen molar-refractivity contribution in [1.29, 1.82) is 0 Å². The second-order valence-electron chi connectivity index (χ2n) is 6.32. The lowest BCUT2D eigenvalue weighted by Gasteiger charge is -2.31. The number of ether oxygens (including phenoxy) is 2. The second-order valence-corrected chi connectivity index (χ2v) is 6.32. The number of nitrogens with zero attached hydrogens (tertiary/aromatic N) is 1. The molecule has 1 aromatic rings. The van der Waals surface area contributed by atoms with E-state index in [0.717, 1.165) is 10.5 Å². The highest BCUT2D eigenvalue weighted by Crippen LogP contribution is 2.11. The number of rotatable bonds is 3. The Hall–Kier alpha value is -3.03. The van der Waals surface area contributed by atoms with Gasteiger partial charge in [-0.3, -0.25) is 15.0 Å². The maximum atomic E-state index is 12.3. The van der Waals surface area contributed by atoms with Crippen LogP contribution in [0.3, 0.4) is 0 Å². The number of nitrogens with one attached hydrogen (secondary N) is 2. The van der Waals surface area contributed by atoms with Gasteiger partial charge in [-0.2, -0.15) is 0 Å². The first-order valence-electron chi connectivity index (χ1n) is 7.72. The zero-order chi connectivity index (χ0) is 18.4. The number of alkyl carbamates (subject to hydrolysis) is 1. The van der Waals surface area contributed by atoms with Gasteiger partial charge in [-0.15, -0.1) is 0 Å². The van der Waals surface area contributed by atoms with Crippen molar-refractivity contribution in [3.63, 3.8) is 0 Å². The Morgan fingerprint density at radius 3 is 2.56 bits per heavy atom. The minimum absolute atomic E-state index is 0.0464. The van der Waals surface area contributed by atoms with Gasteiger partial charge in [0.15, 0.2) is 6.17 Å². The van der Waals surface area contributed by atoms with Crippen LogP contribution in [0.25, 0.3) is 0 Å². The summed E-state index contributed by atoms with van der Waals surface area (Å²) in [5, 5.41) is 4.77. The van der Waals surface area contributed by atoms with Gasteiger partial charge in [-0.05, 0) is 26.3 Å². The topological polar surface area (TPSA) is 97.0 Å². The van der Waals surface area contributed by atoms with Gasteiger partial charge in [0.05, 0.1) is 0 Å². The van der Waals surface area contributed by atoms with E-state index in [-0.39, 0.29) is 6.61 Å². The molecule has 0 fully saturated rings. The standard InChI is InChI=1S/C17H21N3O5/c1-17(2,3)25-15(22)19-13-14(21)18-9-10-20(13)16(23)24-11-12-7-5-4-6-8-12/h4-10,13H,11H2,1-3H3,(H,18,21)(H,19,22).